The maximum absolute atomic E-state index is 13.3. The molecule has 5 N–H and O–H groups in total. The van der Waals surface area contributed by atoms with Gasteiger partial charge in [0.15, 0.2) is 0 Å². The SMILES string of the molecule is O=C(O)CCC(=O)Nc1ccc(C[C@H](NC(=O)c2ccccc2)C(=O)N[C@H](CO)Cc2ccccc2)cc1. The molecule has 0 aliphatic carbocycles. The molecular formula is C29H31N3O6. The van der Waals surface area contributed by atoms with Crippen molar-refractivity contribution in [1.82, 2.24) is 10.6 Å². The predicted octanol–water partition coefficient (Wildman–Crippen LogP) is 2.55. The van der Waals surface area contributed by atoms with Crippen LogP contribution in [-0.2, 0) is 27.2 Å². The molecule has 0 aliphatic heterocycles. The molecule has 0 saturated carbocycles. The van der Waals surface area contributed by atoms with E-state index in [0.717, 1.165) is 11.1 Å². The van der Waals surface area contributed by atoms with Gasteiger partial charge in [0.25, 0.3) is 5.91 Å². The quantitative estimate of drug-likeness (QED) is 0.236. The molecule has 0 heterocycles. The van der Waals surface area contributed by atoms with Crippen molar-refractivity contribution in [2.75, 3.05) is 11.9 Å². The Morgan fingerprint density at radius 3 is 1.92 bits per heavy atom. The lowest BCUT2D eigenvalue weighted by atomic mass is 10.0. The van der Waals surface area contributed by atoms with E-state index in [4.69, 9.17) is 5.11 Å². The molecule has 0 spiro atoms. The summed E-state index contributed by atoms with van der Waals surface area (Å²) in [5.74, 6) is -2.31. The first kappa shape index (κ1) is 28.1. The van der Waals surface area contributed by atoms with E-state index in [1.807, 2.05) is 30.3 Å². The first-order valence-corrected chi connectivity index (χ1v) is 12.3. The van der Waals surface area contributed by atoms with Crippen molar-refractivity contribution < 1.29 is 29.4 Å². The number of aliphatic hydroxyl groups excluding tert-OH is 1. The van der Waals surface area contributed by atoms with Crippen LogP contribution in [-0.4, -0.2) is 52.6 Å². The van der Waals surface area contributed by atoms with E-state index in [9.17, 15) is 24.3 Å². The van der Waals surface area contributed by atoms with Gasteiger partial charge >= 0.3 is 5.97 Å². The number of carboxylic acid groups (broad SMARTS) is 1. The van der Waals surface area contributed by atoms with Crippen molar-refractivity contribution >= 4 is 29.4 Å². The zero-order valence-electron chi connectivity index (χ0n) is 20.8. The van der Waals surface area contributed by atoms with Crippen molar-refractivity contribution in [2.45, 2.75) is 37.8 Å². The van der Waals surface area contributed by atoms with Crippen LogP contribution >= 0.6 is 0 Å². The number of hydrogen-bond donors (Lipinski definition) is 5. The first-order chi connectivity index (χ1) is 18.3. The Morgan fingerprint density at radius 2 is 1.32 bits per heavy atom. The van der Waals surface area contributed by atoms with Crippen LogP contribution in [0.15, 0.2) is 84.9 Å². The zero-order chi connectivity index (χ0) is 27.3. The molecule has 3 aromatic rings. The summed E-state index contributed by atoms with van der Waals surface area (Å²) in [6.45, 7) is -0.268. The number of nitrogens with one attached hydrogen (secondary N) is 3. The van der Waals surface area contributed by atoms with E-state index >= 15 is 0 Å². The highest BCUT2D eigenvalue weighted by Crippen LogP contribution is 2.13. The second-order valence-electron chi connectivity index (χ2n) is 8.81. The second-order valence-corrected chi connectivity index (χ2v) is 8.81. The summed E-state index contributed by atoms with van der Waals surface area (Å²) in [4.78, 5) is 48.7. The van der Waals surface area contributed by atoms with Crippen LogP contribution in [0.2, 0.25) is 0 Å². The first-order valence-electron chi connectivity index (χ1n) is 12.3. The Hall–Kier alpha value is -4.50. The number of benzene rings is 3. The van der Waals surface area contributed by atoms with Crippen LogP contribution in [0.1, 0.15) is 34.3 Å². The molecule has 0 saturated heterocycles. The normalized spacial score (nSPS) is 12.1. The number of rotatable bonds is 13. The number of carbonyl (C=O) groups is 4. The minimum Gasteiger partial charge on any atom is -0.481 e. The molecule has 2 atom stereocenters. The minimum atomic E-state index is -1.05. The van der Waals surface area contributed by atoms with Gasteiger partial charge in [-0.15, -0.1) is 0 Å². The largest absolute Gasteiger partial charge is 0.481 e. The Bertz CT molecular complexity index is 1220. The summed E-state index contributed by atoms with van der Waals surface area (Å²) < 4.78 is 0. The molecule has 3 amide bonds. The summed E-state index contributed by atoms with van der Waals surface area (Å²) in [5, 5.41) is 26.9. The second kappa shape index (κ2) is 14.3. The van der Waals surface area contributed by atoms with Gasteiger partial charge in [-0.05, 0) is 41.8 Å². The number of carbonyl (C=O) groups excluding carboxylic acids is 3. The van der Waals surface area contributed by atoms with Crippen molar-refractivity contribution in [1.29, 1.82) is 0 Å². The van der Waals surface area contributed by atoms with E-state index in [1.165, 1.54) is 0 Å². The summed E-state index contributed by atoms with van der Waals surface area (Å²) in [6.07, 6.45) is 0.195. The highest BCUT2D eigenvalue weighted by atomic mass is 16.4. The smallest absolute Gasteiger partial charge is 0.303 e. The Balaban J connectivity index is 1.70. The van der Waals surface area contributed by atoms with Gasteiger partial charge in [0.05, 0.1) is 19.1 Å². The fourth-order valence-corrected chi connectivity index (χ4v) is 3.81. The number of carboxylic acids is 1. The van der Waals surface area contributed by atoms with Crippen LogP contribution in [0.25, 0.3) is 0 Å². The average molecular weight is 518 g/mol. The van der Waals surface area contributed by atoms with E-state index in [1.54, 1.807) is 54.6 Å². The van der Waals surface area contributed by atoms with Gasteiger partial charge in [-0.2, -0.15) is 0 Å². The third kappa shape index (κ3) is 9.18. The average Bonchev–Trinajstić information content (AvgIpc) is 2.93. The molecule has 0 unspecified atom stereocenters. The lowest BCUT2D eigenvalue weighted by Gasteiger charge is -2.23. The van der Waals surface area contributed by atoms with Crippen LogP contribution in [0.5, 0.6) is 0 Å². The summed E-state index contributed by atoms with van der Waals surface area (Å²) in [6, 6.07) is 23.3. The molecule has 0 radical (unpaired) electrons. The van der Waals surface area contributed by atoms with E-state index in [0.29, 0.717) is 17.7 Å². The van der Waals surface area contributed by atoms with E-state index in [-0.39, 0.29) is 25.9 Å². The van der Waals surface area contributed by atoms with Gasteiger partial charge in [0.1, 0.15) is 6.04 Å². The number of anilines is 1. The maximum Gasteiger partial charge on any atom is 0.303 e. The van der Waals surface area contributed by atoms with Crippen molar-refractivity contribution in [3.05, 3.63) is 102 Å². The number of aliphatic hydroxyl groups is 1. The molecule has 0 aliphatic rings. The Kier molecular flexibility index (Phi) is 10.6. The van der Waals surface area contributed by atoms with Gasteiger partial charge in [-0.25, -0.2) is 0 Å². The standard InChI is InChI=1S/C29H31N3O6/c33-19-24(17-20-7-3-1-4-8-20)31-29(38)25(32-28(37)22-9-5-2-6-10-22)18-21-11-13-23(14-12-21)30-26(34)15-16-27(35)36/h1-14,24-25,33H,15-19H2,(H,30,34)(H,31,38)(H,32,37)(H,35,36)/t24-,25-/m0/s1. The van der Waals surface area contributed by atoms with Crippen molar-refractivity contribution in [3.63, 3.8) is 0 Å². The molecule has 38 heavy (non-hydrogen) atoms. The molecule has 3 rings (SSSR count). The molecule has 3 aromatic carbocycles. The molecule has 0 bridgehead atoms. The fraction of sp³-hybridized carbons (Fsp3) is 0.241. The maximum atomic E-state index is 13.3. The number of aliphatic carboxylic acids is 1. The number of hydrogen-bond acceptors (Lipinski definition) is 5. The summed E-state index contributed by atoms with van der Waals surface area (Å²) in [7, 11) is 0. The summed E-state index contributed by atoms with van der Waals surface area (Å²) in [5.41, 5.74) is 2.58. The van der Waals surface area contributed by atoms with Crippen molar-refractivity contribution in [3.8, 4) is 0 Å². The summed E-state index contributed by atoms with van der Waals surface area (Å²) >= 11 is 0. The number of amides is 3. The topological polar surface area (TPSA) is 145 Å². The van der Waals surface area contributed by atoms with Gasteiger partial charge in [0.2, 0.25) is 11.8 Å². The van der Waals surface area contributed by atoms with Crippen LogP contribution in [0.4, 0.5) is 5.69 Å². The molecule has 198 valence electrons. The highest BCUT2D eigenvalue weighted by Gasteiger charge is 2.24. The molecule has 9 nitrogen and oxygen atoms in total. The Morgan fingerprint density at radius 1 is 0.711 bits per heavy atom. The van der Waals surface area contributed by atoms with E-state index in [2.05, 4.69) is 16.0 Å². The highest BCUT2D eigenvalue weighted by molar-refractivity contribution is 5.97. The third-order valence-corrected chi connectivity index (χ3v) is 5.79. The molecule has 0 fully saturated rings. The van der Waals surface area contributed by atoms with E-state index < -0.39 is 35.8 Å². The molecular weight excluding hydrogens is 486 g/mol. The minimum absolute atomic E-state index is 0.139. The Labute approximate surface area is 220 Å². The van der Waals surface area contributed by atoms with Gasteiger partial charge in [-0.3, -0.25) is 19.2 Å². The lowest BCUT2D eigenvalue weighted by molar-refractivity contribution is -0.138. The van der Waals surface area contributed by atoms with Gasteiger partial charge < -0.3 is 26.2 Å². The van der Waals surface area contributed by atoms with Gasteiger partial charge in [-0.1, -0.05) is 60.7 Å². The lowest BCUT2D eigenvalue weighted by Crippen LogP contribution is -2.52. The predicted molar refractivity (Wildman–Crippen MR) is 143 cm³/mol. The van der Waals surface area contributed by atoms with Crippen molar-refractivity contribution in [2.24, 2.45) is 0 Å². The van der Waals surface area contributed by atoms with Gasteiger partial charge in [0, 0.05) is 24.1 Å². The molecule has 9 heteroatoms. The monoisotopic (exact) mass is 517 g/mol. The van der Waals surface area contributed by atoms with Crippen LogP contribution in [0, 0.1) is 0 Å². The fourth-order valence-electron chi connectivity index (χ4n) is 3.81. The third-order valence-electron chi connectivity index (χ3n) is 5.79. The van der Waals surface area contributed by atoms with Crippen LogP contribution < -0.4 is 16.0 Å². The molecule has 0 aromatic heterocycles. The van der Waals surface area contributed by atoms with Crippen LogP contribution in [0.3, 0.4) is 0 Å². The zero-order valence-corrected chi connectivity index (χ0v) is 20.8.